The van der Waals surface area contributed by atoms with Crippen molar-refractivity contribution in [2.75, 3.05) is 0 Å². The number of carbonyl (C=O) groups is 1. The summed E-state index contributed by atoms with van der Waals surface area (Å²) < 4.78 is 5.31. The van der Waals surface area contributed by atoms with Gasteiger partial charge in [0.05, 0.1) is 5.57 Å². The number of allylic oxidation sites excluding steroid dienone is 1. The molecule has 16 heavy (non-hydrogen) atoms. The van der Waals surface area contributed by atoms with E-state index in [9.17, 15) is 4.79 Å². The van der Waals surface area contributed by atoms with Crippen molar-refractivity contribution in [3.05, 3.63) is 23.8 Å². The van der Waals surface area contributed by atoms with Crippen LogP contribution in [0.5, 0.6) is 0 Å². The molecule has 0 saturated heterocycles. The maximum Gasteiger partial charge on any atom is 0.338 e. The number of carbonyl (C=O) groups excluding carboxylic acids is 1. The number of esters is 1. The molecule has 1 unspecified atom stereocenters. The molecule has 1 aliphatic heterocycles. The second-order valence-electron chi connectivity index (χ2n) is 5.36. The number of unbranched alkanes of at least 4 members (excludes halogenated alkanes) is 2. The van der Waals surface area contributed by atoms with Crippen molar-refractivity contribution in [3.63, 3.8) is 0 Å². The zero-order valence-corrected chi connectivity index (χ0v) is 10.7. The van der Waals surface area contributed by atoms with Crippen LogP contribution in [0.25, 0.3) is 0 Å². The Hall–Kier alpha value is -1.05. The SMILES string of the molecule is CCCC/C=C/C1=CC(C(C)(C)C)OC1=O. The Balaban J connectivity index is 2.60. The van der Waals surface area contributed by atoms with E-state index in [-0.39, 0.29) is 17.5 Å². The van der Waals surface area contributed by atoms with Gasteiger partial charge in [0, 0.05) is 5.41 Å². The van der Waals surface area contributed by atoms with E-state index in [1.165, 1.54) is 12.8 Å². The Morgan fingerprint density at radius 3 is 2.62 bits per heavy atom. The van der Waals surface area contributed by atoms with Gasteiger partial charge in [-0.15, -0.1) is 0 Å². The first-order valence-electron chi connectivity index (χ1n) is 6.04. The molecule has 0 aliphatic carbocycles. The molecule has 1 heterocycles. The fourth-order valence-corrected chi connectivity index (χ4v) is 1.53. The third-order valence-electron chi connectivity index (χ3n) is 2.68. The first-order valence-corrected chi connectivity index (χ1v) is 6.04. The molecule has 2 nitrogen and oxygen atoms in total. The second kappa shape index (κ2) is 5.33. The predicted molar refractivity (Wildman–Crippen MR) is 66.1 cm³/mol. The van der Waals surface area contributed by atoms with Crippen molar-refractivity contribution in [3.8, 4) is 0 Å². The highest BCUT2D eigenvalue weighted by atomic mass is 16.5. The monoisotopic (exact) mass is 222 g/mol. The molecule has 0 spiro atoms. The van der Waals surface area contributed by atoms with E-state index < -0.39 is 0 Å². The molecular formula is C14H22O2. The van der Waals surface area contributed by atoms with Crippen molar-refractivity contribution in [1.82, 2.24) is 0 Å². The number of hydrogen-bond donors (Lipinski definition) is 0. The summed E-state index contributed by atoms with van der Waals surface area (Å²) in [5.74, 6) is -0.187. The lowest BCUT2D eigenvalue weighted by atomic mass is 9.89. The van der Waals surface area contributed by atoms with Gasteiger partial charge in [0.25, 0.3) is 0 Å². The highest BCUT2D eigenvalue weighted by Crippen LogP contribution is 2.29. The molecule has 1 aliphatic rings. The summed E-state index contributed by atoms with van der Waals surface area (Å²) in [7, 11) is 0. The second-order valence-corrected chi connectivity index (χ2v) is 5.36. The maximum absolute atomic E-state index is 11.6. The third kappa shape index (κ3) is 3.51. The summed E-state index contributed by atoms with van der Waals surface area (Å²) in [5.41, 5.74) is 0.685. The van der Waals surface area contributed by atoms with Crippen LogP contribution < -0.4 is 0 Å². The van der Waals surface area contributed by atoms with Crippen LogP contribution in [-0.2, 0) is 9.53 Å². The minimum atomic E-state index is -0.187. The lowest BCUT2D eigenvalue weighted by molar-refractivity contribution is -0.142. The van der Waals surface area contributed by atoms with E-state index in [1.807, 2.05) is 12.2 Å². The Labute approximate surface area is 98.4 Å². The van der Waals surface area contributed by atoms with E-state index in [2.05, 4.69) is 33.8 Å². The van der Waals surface area contributed by atoms with Crippen LogP contribution in [0.1, 0.15) is 47.0 Å². The van der Waals surface area contributed by atoms with Crippen molar-refractivity contribution in [1.29, 1.82) is 0 Å². The van der Waals surface area contributed by atoms with E-state index >= 15 is 0 Å². The Kier molecular flexibility index (Phi) is 4.34. The highest BCUT2D eigenvalue weighted by molar-refractivity contribution is 5.93. The minimum Gasteiger partial charge on any atom is -0.454 e. The zero-order valence-electron chi connectivity index (χ0n) is 10.7. The third-order valence-corrected chi connectivity index (χ3v) is 2.68. The standard InChI is InChI=1S/C14H22O2/c1-5-6-7-8-9-11-10-12(14(2,3)4)16-13(11)15/h8-10,12H,5-7H2,1-4H3/b9-8+. The fraction of sp³-hybridized carbons (Fsp3) is 0.643. The van der Waals surface area contributed by atoms with Crippen molar-refractivity contribution in [2.24, 2.45) is 5.41 Å². The number of hydrogen-bond acceptors (Lipinski definition) is 2. The van der Waals surface area contributed by atoms with E-state index in [1.54, 1.807) is 0 Å². The van der Waals surface area contributed by atoms with Gasteiger partial charge in [-0.05, 0) is 12.5 Å². The predicted octanol–water partition coefficient (Wildman–Crippen LogP) is 3.63. The van der Waals surface area contributed by atoms with Gasteiger partial charge in [0.15, 0.2) is 0 Å². The summed E-state index contributed by atoms with van der Waals surface area (Å²) in [5, 5.41) is 0. The summed E-state index contributed by atoms with van der Waals surface area (Å²) in [6.45, 7) is 8.38. The van der Waals surface area contributed by atoms with Crippen LogP contribution in [0.4, 0.5) is 0 Å². The van der Waals surface area contributed by atoms with Gasteiger partial charge < -0.3 is 4.74 Å². The largest absolute Gasteiger partial charge is 0.454 e. The smallest absolute Gasteiger partial charge is 0.338 e. The molecule has 0 saturated carbocycles. The molecule has 0 aromatic heterocycles. The summed E-state index contributed by atoms with van der Waals surface area (Å²) >= 11 is 0. The molecular weight excluding hydrogens is 200 g/mol. The van der Waals surface area contributed by atoms with Crippen LogP contribution in [0.2, 0.25) is 0 Å². The molecule has 0 N–H and O–H groups in total. The average Bonchev–Trinajstić information content (AvgIpc) is 2.55. The molecule has 2 heteroatoms. The molecule has 0 aromatic rings. The van der Waals surface area contributed by atoms with Crippen LogP contribution in [0.15, 0.2) is 23.8 Å². The van der Waals surface area contributed by atoms with Gasteiger partial charge >= 0.3 is 5.97 Å². The van der Waals surface area contributed by atoms with E-state index in [0.29, 0.717) is 5.57 Å². The Morgan fingerprint density at radius 2 is 2.12 bits per heavy atom. The van der Waals surface area contributed by atoms with Gasteiger partial charge in [0.2, 0.25) is 0 Å². The number of ether oxygens (including phenoxy) is 1. The molecule has 0 radical (unpaired) electrons. The Morgan fingerprint density at radius 1 is 1.44 bits per heavy atom. The van der Waals surface area contributed by atoms with Crippen molar-refractivity contribution in [2.45, 2.75) is 53.1 Å². The molecule has 90 valence electrons. The highest BCUT2D eigenvalue weighted by Gasteiger charge is 2.32. The lowest BCUT2D eigenvalue weighted by Crippen LogP contribution is -2.25. The van der Waals surface area contributed by atoms with Gasteiger partial charge in [-0.2, -0.15) is 0 Å². The number of rotatable bonds is 4. The van der Waals surface area contributed by atoms with Crippen LogP contribution in [0, 0.1) is 5.41 Å². The van der Waals surface area contributed by atoms with Gasteiger partial charge in [-0.3, -0.25) is 0 Å². The first-order chi connectivity index (χ1) is 7.45. The van der Waals surface area contributed by atoms with Crippen LogP contribution in [0.3, 0.4) is 0 Å². The summed E-state index contributed by atoms with van der Waals surface area (Å²) in [4.78, 5) is 11.6. The molecule has 0 amide bonds. The first kappa shape index (κ1) is 13.0. The summed E-state index contributed by atoms with van der Waals surface area (Å²) in [6.07, 6.45) is 9.17. The van der Waals surface area contributed by atoms with Gasteiger partial charge in [0.1, 0.15) is 6.10 Å². The molecule has 0 fully saturated rings. The van der Waals surface area contributed by atoms with Crippen LogP contribution in [-0.4, -0.2) is 12.1 Å². The average molecular weight is 222 g/mol. The molecule has 1 rings (SSSR count). The van der Waals surface area contributed by atoms with Gasteiger partial charge in [-0.1, -0.05) is 52.7 Å². The fourth-order valence-electron chi connectivity index (χ4n) is 1.53. The van der Waals surface area contributed by atoms with E-state index in [4.69, 9.17) is 4.74 Å². The van der Waals surface area contributed by atoms with Crippen molar-refractivity contribution < 1.29 is 9.53 Å². The van der Waals surface area contributed by atoms with E-state index in [0.717, 1.165) is 6.42 Å². The molecule has 1 atom stereocenters. The summed E-state index contributed by atoms with van der Waals surface area (Å²) in [6, 6.07) is 0. The maximum atomic E-state index is 11.6. The minimum absolute atomic E-state index is 0.0192. The number of cyclic esters (lactones) is 1. The topological polar surface area (TPSA) is 26.3 Å². The molecule has 0 bridgehead atoms. The zero-order chi connectivity index (χ0) is 12.2. The quantitative estimate of drug-likeness (QED) is 0.536. The lowest BCUT2D eigenvalue weighted by Gasteiger charge is -2.23. The van der Waals surface area contributed by atoms with Crippen molar-refractivity contribution >= 4 is 5.97 Å². The molecule has 0 aromatic carbocycles. The van der Waals surface area contributed by atoms with Crippen LogP contribution >= 0.6 is 0 Å². The Bertz CT molecular complexity index is 305. The van der Waals surface area contributed by atoms with Gasteiger partial charge in [-0.25, -0.2) is 4.79 Å². The normalized spacial score (nSPS) is 21.4.